The van der Waals surface area contributed by atoms with Gasteiger partial charge < -0.3 is 9.30 Å². The third-order valence-electron chi connectivity index (χ3n) is 2.81. The second-order valence-electron chi connectivity index (χ2n) is 4.60. The van der Waals surface area contributed by atoms with Gasteiger partial charge in [-0.05, 0) is 31.5 Å². The Bertz CT molecular complexity index is 596. The normalized spacial score (nSPS) is 10.8. The molecule has 1 aromatic heterocycles. The van der Waals surface area contributed by atoms with Gasteiger partial charge in [0.2, 0.25) is 0 Å². The lowest BCUT2D eigenvalue weighted by Crippen LogP contribution is -2.02. The van der Waals surface area contributed by atoms with Crippen LogP contribution < -0.4 is 0 Å². The highest BCUT2D eigenvalue weighted by Crippen LogP contribution is 2.23. The number of rotatable bonds is 5. The van der Waals surface area contributed by atoms with Crippen LogP contribution in [0.3, 0.4) is 0 Å². The van der Waals surface area contributed by atoms with Crippen molar-refractivity contribution in [3.63, 3.8) is 0 Å². The first-order chi connectivity index (χ1) is 9.61. The lowest BCUT2D eigenvalue weighted by Gasteiger charge is -2.09. The predicted molar refractivity (Wildman–Crippen MR) is 77.7 cm³/mol. The first kappa shape index (κ1) is 14.6. The molecule has 0 N–H and O–H groups in total. The van der Waals surface area contributed by atoms with Crippen LogP contribution in [0.15, 0.2) is 35.7 Å². The molecule has 20 heavy (non-hydrogen) atoms. The zero-order valence-corrected chi connectivity index (χ0v) is 12.6. The van der Waals surface area contributed by atoms with Gasteiger partial charge in [-0.3, -0.25) is 0 Å². The topological polar surface area (TPSA) is 57.0 Å². The van der Waals surface area contributed by atoms with Gasteiger partial charge in [-0.1, -0.05) is 23.9 Å². The summed E-state index contributed by atoms with van der Waals surface area (Å²) in [4.78, 5) is 11.5. The van der Waals surface area contributed by atoms with Crippen LogP contribution in [0, 0.1) is 0 Å². The Kier molecular flexibility index (Phi) is 4.79. The van der Waals surface area contributed by atoms with E-state index in [0.717, 1.165) is 16.5 Å². The van der Waals surface area contributed by atoms with Gasteiger partial charge in [-0.2, -0.15) is 0 Å². The average molecular weight is 291 g/mol. The Labute approximate surface area is 122 Å². The van der Waals surface area contributed by atoms with E-state index >= 15 is 0 Å². The van der Waals surface area contributed by atoms with Crippen molar-refractivity contribution in [2.24, 2.45) is 0 Å². The molecule has 1 heterocycles. The van der Waals surface area contributed by atoms with E-state index < -0.39 is 0 Å². The van der Waals surface area contributed by atoms with Crippen molar-refractivity contribution >= 4 is 17.7 Å². The first-order valence-electron chi connectivity index (χ1n) is 6.31. The number of carbonyl (C=O) groups excluding carboxylic acids is 1. The van der Waals surface area contributed by atoms with Gasteiger partial charge >= 0.3 is 5.97 Å². The molecule has 0 unspecified atom stereocenters. The van der Waals surface area contributed by atoms with Gasteiger partial charge in [0.05, 0.1) is 12.7 Å². The summed E-state index contributed by atoms with van der Waals surface area (Å²) in [6.07, 6.45) is 1.73. The lowest BCUT2D eigenvalue weighted by molar-refractivity contribution is 0.0600. The molecular weight excluding hydrogens is 274 g/mol. The molecular formula is C14H17N3O2S. The number of hydrogen-bond donors (Lipinski definition) is 0. The first-order valence-corrected chi connectivity index (χ1v) is 7.30. The van der Waals surface area contributed by atoms with Crippen LogP contribution in [0.4, 0.5) is 0 Å². The van der Waals surface area contributed by atoms with E-state index in [0.29, 0.717) is 11.6 Å². The van der Waals surface area contributed by atoms with Gasteiger partial charge in [0.15, 0.2) is 5.16 Å². The van der Waals surface area contributed by atoms with Crippen molar-refractivity contribution in [1.82, 2.24) is 14.8 Å². The largest absolute Gasteiger partial charge is 0.465 e. The molecule has 0 radical (unpaired) electrons. The van der Waals surface area contributed by atoms with E-state index in [2.05, 4.69) is 24.0 Å². The van der Waals surface area contributed by atoms with Crippen LogP contribution in [0.5, 0.6) is 0 Å². The summed E-state index contributed by atoms with van der Waals surface area (Å²) in [6.45, 7) is 4.18. The van der Waals surface area contributed by atoms with Crippen LogP contribution in [-0.4, -0.2) is 27.8 Å². The number of methoxy groups -OCH3 is 1. The van der Waals surface area contributed by atoms with Gasteiger partial charge in [-0.25, -0.2) is 4.79 Å². The van der Waals surface area contributed by atoms with Gasteiger partial charge in [-0.15, -0.1) is 10.2 Å². The molecule has 0 fully saturated rings. The minimum atomic E-state index is -0.317. The molecule has 106 valence electrons. The van der Waals surface area contributed by atoms with E-state index in [1.54, 1.807) is 24.2 Å². The van der Waals surface area contributed by atoms with Crippen molar-refractivity contribution in [1.29, 1.82) is 0 Å². The molecule has 0 saturated carbocycles. The molecule has 0 aliphatic heterocycles. The van der Waals surface area contributed by atoms with Gasteiger partial charge in [0.1, 0.15) is 6.33 Å². The highest BCUT2D eigenvalue weighted by Gasteiger charge is 2.09. The summed E-state index contributed by atoms with van der Waals surface area (Å²) in [7, 11) is 1.38. The second-order valence-corrected chi connectivity index (χ2v) is 5.54. The minimum absolute atomic E-state index is 0.317. The van der Waals surface area contributed by atoms with Crippen molar-refractivity contribution < 1.29 is 9.53 Å². The molecule has 0 aliphatic carbocycles. The maximum atomic E-state index is 11.5. The average Bonchev–Trinajstić information content (AvgIpc) is 2.93. The predicted octanol–water partition coefficient (Wildman–Crippen LogP) is 2.94. The number of carbonyl (C=O) groups is 1. The molecule has 5 nitrogen and oxygen atoms in total. The number of hydrogen-bond acceptors (Lipinski definition) is 5. The molecule has 6 heteroatoms. The fraction of sp³-hybridized carbons (Fsp3) is 0.357. The second kappa shape index (κ2) is 6.56. The molecule has 1 aromatic carbocycles. The van der Waals surface area contributed by atoms with Gasteiger partial charge in [0, 0.05) is 11.8 Å². The van der Waals surface area contributed by atoms with E-state index in [1.165, 1.54) is 7.11 Å². The maximum Gasteiger partial charge on any atom is 0.337 e. The quantitative estimate of drug-likeness (QED) is 0.626. The highest BCUT2D eigenvalue weighted by atomic mass is 32.2. The molecule has 0 atom stereocenters. The van der Waals surface area contributed by atoms with Crippen molar-refractivity contribution in [3.8, 4) is 0 Å². The van der Waals surface area contributed by atoms with E-state index in [4.69, 9.17) is 4.74 Å². The Morgan fingerprint density at radius 1 is 1.45 bits per heavy atom. The summed E-state index contributed by atoms with van der Waals surface area (Å²) >= 11 is 1.60. The summed E-state index contributed by atoms with van der Waals surface area (Å²) < 4.78 is 6.74. The van der Waals surface area contributed by atoms with Crippen LogP contribution in [0.1, 0.15) is 35.8 Å². The smallest absolute Gasteiger partial charge is 0.337 e. The highest BCUT2D eigenvalue weighted by molar-refractivity contribution is 7.98. The van der Waals surface area contributed by atoms with E-state index in [1.807, 2.05) is 22.8 Å². The third kappa shape index (κ3) is 3.39. The number of benzene rings is 1. The monoisotopic (exact) mass is 291 g/mol. The van der Waals surface area contributed by atoms with Crippen LogP contribution >= 0.6 is 11.8 Å². The summed E-state index contributed by atoms with van der Waals surface area (Å²) in [5.41, 5.74) is 1.62. The number of nitrogens with zero attached hydrogens (tertiary/aromatic N) is 3. The zero-order chi connectivity index (χ0) is 14.5. The Hall–Kier alpha value is -1.82. The SMILES string of the molecule is COC(=O)c1cccc(CSc2nncn2C(C)C)c1. The Morgan fingerprint density at radius 3 is 2.95 bits per heavy atom. The summed E-state index contributed by atoms with van der Waals surface area (Å²) in [6, 6.07) is 7.75. The van der Waals surface area contributed by atoms with Crippen LogP contribution in [-0.2, 0) is 10.5 Å². The number of ether oxygens (including phenoxy) is 1. The van der Waals surface area contributed by atoms with Crippen molar-refractivity contribution in [2.45, 2.75) is 30.8 Å². The van der Waals surface area contributed by atoms with E-state index in [9.17, 15) is 4.79 Å². The van der Waals surface area contributed by atoms with Crippen LogP contribution in [0.2, 0.25) is 0 Å². The minimum Gasteiger partial charge on any atom is -0.465 e. The standard InChI is InChI=1S/C14H17N3O2S/c1-10(2)17-9-15-16-14(17)20-8-11-5-4-6-12(7-11)13(18)19-3/h4-7,9-10H,8H2,1-3H3. The lowest BCUT2D eigenvalue weighted by atomic mass is 10.1. The van der Waals surface area contributed by atoms with Gasteiger partial charge in [0.25, 0.3) is 0 Å². The molecule has 0 bridgehead atoms. The maximum absolute atomic E-state index is 11.5. The Morgan fingerprint density at radius 2 is 2.25 bits per heavy atom. The molecule has 0 amide bonds. The molecule has 0 aliphatic rings. The van der Waals surface area contributed by atoms with Crippen molar-refractivity contribution in [2.75, 3.05) is 7.11 Å². The molecule has 0 spiro atoms. The van der Waals surface area contributed by atoms with E-state index in [-0.39, 0.29) is 5.97 Å². The summed E-state index contributed by atoms with van der Waals surface area (Å²) in [5, 5.41) is 8.92. The molecule has 2 rings (SSSR count). The van der Waals surface area contributed by atoms with Crippen LogP contribution in [0.25, 0.3) is 0 Å². The summed E-state index contributed by atoms with van der Waals surface area (Å²) in [5.74, 6) is 0.415. The number of aromatic nitrogens is 3. The zero-order valence-electron chi connectivity index (χ0n) is 11.7. The molecule has 2 aromatic rings. The Balaban J connectivity index is 2.07. The number of thioether (sulfide) groups is 1. The number of esters is 1. The fourth-order valence-corrected chi connectivity index (χ4v) is 2.73. The van der Waals surface area contributed by atoms with Crippen molar-refractivity contribution in [3.05, 3.63) is 41.7 Å². The third-order valence-corrected chi connectivity index (χ3v) is 3.84. The fourth-order valence-electron chi connectivity index (χ4n) is 1.74. The molecule has 0 saturated heterocycles.